The van der Waals surface area contributed by atoms with Gasteiger partial charge < -0.3 is 0 Å². The van der Waals surface area contributed by atoms with Crippen molar-refractivity contribution in [3.63, 3.8) is 0 Å². The lowest BCUT2D eigenvalue weighted by Gasteiger charge is -1.96. The molecule has 0 N–H and O–H groups in total. The molecule has 0 saturated carbocycles. The molecule has 0 atom stereocenters. The normalized spacial score (nSPS) is 11.1. The summed E-state index contributed by atoms with van der Waals surface area (Å²) < 4.78 is 2.22. The van der Waals surface area contributed by atoms with Crippen LogP contribution < -0.4 is 0 Å². The average Bonchev–Trinajstić information content (AvgIpc) is 2.73. The topological polar surface area (TPSA) is 25.8 Å². The number of benzene rings is 1. The zero-order valence-corrected chi connectivity index (χ0v) is 12.5. The number of pyridine rings is 1. The van der Waals surface area contributed by atoms with Crippen LogP contribution in [0.15, 0.2) is 35.1 Å². The number of halogens is 1. The number of fused-ring (bicyclic) bond motifs is 1. The van der Waals surface area contributed by atoms with Crippen LogP contribution >= 0.6 is 27.3 Å². The van der Waals surface area contributed by atoms with E-state index in [1.807, 2.05) is 12.3 Å². The molecule has 0 amide bonds. The molecule has 90 valence electrons. The second kappa shape index (κ2) is 4.44. The summed E-state index contributed by atoms with van der Waals surface area (Å²) >= 11 is 5.16. The second-order valence-corrected chi connectivity index (χ2v) is 6.29. The highest BCUT2D eigenvalue weighted by Gasteiger charge is 2.09. The van der Waals surface area contributed by atoms with Gasteiger partial charge in [0.25, 0.3) is 0 Å². The van der Waals surface area contributed by atoms with Crippen molar-refractivity contribution >= 4 is 37.5 Å². The number of thiazole rings is 1. The first kappa shape index (κ1) is 11.8. The van der Waals surface area contributed by atoms with Crippen LogP contribution in [0.25, 0.3) is 20.8 Å². The summed E-state index contributed by atoms with van der Waals surface area (Å²) in [5.74, 6) is 0. The Kier molecular flexibility index (Phi) is 2.92. The fourth-order valence-corrected chi connectivity index (χ4v) is 3.51. The molecule has 0 aliphatic heterocycles. The Hall–Kier alpha value is -1.26. The Morgan fingerprint density at radius 1 is 1.11 bits per heavy atom. The molecular formula is C14H11BrN2S. The van der Waals surface area contributed by atoms with Gasteiger partial charge >= 0.3 is 0 Å². The van der Waals surface area contributed by atoms with Crippen LogP contribution in [0.1, 0.15) is 11.1 Å². The molecule has 0 saturated heterocycles. The summed E-state index contributed by atoms with van der Waals surface area (Å²) in [5.41, 5.74) is 4.67. The lowest BCUT2D eigenvalue weighted by atomic mass is 10.1. The van der Waals surface area contributed by atoms with Crippen molar-refractivity contribution in [3.05, 3.63) is 46.2 Å². The van der Waals surface area contributed by atoms with Gasteiger partial charge in [0, 0.05) is 22.4 Å². The molecule has 0 bridgehead atoms. The van der Waals surface area contributed by atoms with Crippen molar-refractivity contribution in [3.8, 4) is 10.6 Å². The van der Waals surface area contributed by atoms with Crippen LogP contribution in [0.4, 0.5) is 0 Å². The summed E-state index contributed by atoms with van der Waals surface area (Å²) in [6.07, 6.45) is 3.64. The predicted octanol–water partition coefficient (Wildman–Crippen LogP) is 4.74. The van der Waals surface area contributed by atoms with Gasteiger partial charge in [0.1, 0.15) is 5.01 Å². The maximum Gasteiger partial charge on any atom is 0.126 e. The van der Waals surface area contributed by atoms with Crippen molar-refractivity contribution in [2.75, 3.05) is 0 Å². The zero-order chi connectivity index (χ0) is 12.7. The van der Waals surface area contributed by atoms with Crippen LogP contribution in [0.2, 0.25) is 0 Å². The monoisotopic (exact) mass is 318 g/mol. The third-order valence-electron chi connectivity index (χ3n) is 2.78. The van der Waals surface area contributed by atoms with Gasteiger partial charge in [-0.1, -0.05) is 6.07 Å². The van der Waals surface area contributed by atoms with E-state index < -0.39 is 0 Å². The average molecular weight is 319 g/mol. The van der Waals surface area contributed by atoms with E-state index in [0.717, 1.165) is 20.6 Å². The van der Waals surface area contributed by atoms with E-state index in [9.17, 15) is 0 Å². The Labute approximate surface area is 118 Å². The standard InChI is InChI=1S/C14H11BrN2S/c1-8-3-9(2)13-12(4-8)18-14(17-13)10-5-11(15)7-16-6-10/h3-7H,1-2H3. The molecule has 0 spiro atoms. The molecule has 1 aromatic carbocycles. The lowest BCUT2D eigenvalue weighted by molar-refractivity contribution is 1.30. The van der Waals surface area contributed by atoms with Gasteiger partial charge in [0.2, 0.25) is 0 Å². The fraction of sp³-hybridized carbons (Fsp3) is 0.143. The minimum atomic E-state index is 0.979. The minimum absolute atomic E-state index is 0.979. The van der Waals surface area contributed by atoms with Crippen molar-refractivity contribution in [1.82, 2.24) is 9.97 Å². The summed E-state index contributed by atoms with van der Waals surface area (Å²) in [4.78, 5) is 8.91. The van der Waals surface area contributed by atoms with E-state index in [4.69, 9.17) is 4.98 Å². The molecule has 3 rings (SSSR count). The molecule has 2 aromatic heterocycles. The SMILES string of the molecule is Cc1cc(C)c2nc(-c3cncc(Br)c3)sc2c1. The molecule has 0 fully saturated rings. The molecule has 0 unspecified atom stereocenters. The third kappa shape index (κ3) is 2.06. The third-order valence-corrected chi connectivity index (χ3v) is 4.27. The molecule has 4 heteroatoms. The number of aryl methyl sites for hydroxylation is 2. The van der Waals surface area contributed by atoms with E-state index in [1.165, 1.54) is 15.8 Å². The first-order valence-electron chi connectivity index (χ1n) is 5.62. The van der Waals surface area contributed by atoms with Crippen LogP contribution in [-0.2, 0) is 0 Å². The van der Waals surface area contributed by atoms with Crippen LogP contribution in [0, 0.1) is 13.8 Å². The Balaban J connectivity index is 2.22. The van der Waals surface area contributed by atoms with Gasteiger partial charge in [-0.3, -0.25) is 4.98 Å². The fourth-order valence-electron chi connectivity index (χ4n) is 2.02. The molecule has 2 nitrogen and oxygen atoms in total. The van der Waals surface area contributed by atoms with Crippen LogP contribution in [-0.4, -0.2) is 9.97 Å². The summed E-state index contributed by atoms with van der Waals surface area (Å²) in [5, 5.41) is 1.02. The predicted molar refractivity (Wildman–Crippen MR) is 80.0 cm³/mol. The smallest absolute Gasteiger partial charge is 0.126 e. The summed E-state index contributed by atoms with van der Waals surface area (Å²) in [6, 6.07) is 6.41. The first-order chi connectivity index (χ1) is 8.63. The molecule has 0 radical (unpaired) electrons. The number of rotatable bonds is 1. The van der Waals surface area contributed by atoms with Crippen molar-refractivity contribution in [2.24, 2.45) is 0 Å². The number of hydrogen-bond acceptors (Lipinski definition) is 3. The van der Waals surface area contributed by atoms with Gasteiger partial charge in [0.05, 0.1) is 10.2 Å². The highest BCUT2D eigenvalue weighted by Crippen LogP contribution is 2.32. The summed E-state index contributed by atoms with van der Waals surface area (Å²) in [6.45, 7) is 4.23. The number of nitrogens with zero attached hydrogens (tertiary/aromatic N) is 2. The van der Waals surface area contributed by atoms with E-state index >= 15 is 0 Å². The highest BCUT2D eigenvalue weighted by molar-refractivity contribution is 9.10. The van der Waals surface area contributed by atoms with Gasteiger partial charge in [0.15, 0.2) is 0 Å². The molecule has 0 aliphatic rings. The minimum Gasteiger partial charge on any atom is -0.263 e. The Morgan fingerprint density at radius 3 is 2.72 bits per heavy atom. The zero-order valence-electron chi connectivity index (χ0n) is 10.1. The Bertz CT molecular complexity index is 734. The van der Waals surface area contributed by atoms with Crippen molar-refractivity contribution in [1.29, 1.82) is 0 Å². The van der Waals surface area contributed by atoms with E-state index in [-0.39, 0.29) is 0 Å². The highest BCUT2D eigenvalue weighted by atomic mass is 79.9. The van der Waals surface area contributed by atoms with Gasteiger partial charge in [-0.2, -0.15) is 0 Å². The van der Waals surface area contributed by atoms with Crippen molar-refractivity contribution < 1.29 is 0 Å². The Morgan fingerprint density at radius 2 is 1.94 bits per heavy atom. The molecule has 0 aliphatic carbocycles. The molecule has 3 aromatic rings. The molecule has 2 heterocycles. The van der Waals surface area contributed by atoms with E-state index in [2.05, 4.69) is 46.9 Å². The molecule has 18 heavy (non-hydrogen) atoms. The van der Waals surface area contributed by atoms with Crippen LogP contribution in [0.5, 0.6) is 0 Å². The number of hydrogen-bond donors (Lipinski definition) is 0. The van der Waals surface area contributed by atoms with Gasteiger partial charge in [-0.15, -0.1) is 11.3 Å². The maximum absolute atomic E-state index is 4.72. The largest absolute Gasteiger partial charge is 0.263 e. The van der Waals surface area contributed by atoms with Crippen molar-refractivity contribution in [2.45, 2.75) is 13.8 Å². The van der Waals surface area contributed by atoms with Gasteiger partial charge in [-0.05, 0) is 53.0 Å². The van der Waals surface area contributed by atoms with E-state index in [0.29, 0.717) is 0 Å². The lowest BCUT2D eigenvalue weighted by Crippen LogP contribution is -1.81. The van der Waals surface area contributed by atoms with Gasteiger partial charge in [-0.25, -0.2) is 4.98 Å². The second-order valence-electron chi connectivity index (χ2n) is 4.34. The quantitative estimate of drug-likeness (QED) is 0.647. The first-order valence-corrected chi connectivity index (χ1v) is 7.23. The van der Waals surface area contributed by atoms with E-state index in [1.54, 1.807) is 17.5 Å². The summed E-state index contributed by atoms with van der Waals surface area (Å²) in [7, 11) is 0. The molecular weight excluding hydrogens is 308 g/mol. The van der Waals surface area contributed by atoms with Crippen LogP contribution in [0.3, 0.4) is 0 Å². The maximum atomic E-state index is 4.72. The number of aromatic nitrogens is 2.